The Hall–Kier alpha value is -3.19. The predicted molar refractivity (Wildman–Crippen MR) is 123 cm³/mol. The Morgan fingerprint density at radius 1 is 1.24 bits per heavy atom. The van der Waals surface area contributed by atoms with Crippen molar-refractivity contribution in [3.8, 4) is 0 Å². The first kappa shape index (κ1) is 28.4. The molecular formula is C23H31F5N6O3. The number of carbonyl (C=O) groups excluding carboxylic acids is 2. The lowest BCUT2D eigenvalue weighted by Crippen LogP contribution is -2.56. The van der Waals surface area contributed by atoms with Crippen molar-refractivity contribution in [1.29, 1.82) is 0 Å². The molecule has 3 amide bonds. The number of amides is 3. The third-order valence-corrected chi connectivity index (χ3v) is 5.85. The van der Waals surface area contributed by atoms with E-state index in [9.17, 15) is 31.5 Å². The normalized spacial score (nSPS) is 17.5. The second-order valence-electron chi connectivity index (χ2n) is 10.8. The Bertz CT molecular complexity index is 1140. The maximum absolute atomic E-state index is 13.7. The molecular weight excluding hydrogens is 503 g/mol. The number of urea groups is 1. The number of aromatic nitrogens is 3. The first-order chi connectivity index (χ1) is 16.9. The number of rotatable bonds is 7. The van der Waals surface area contributed by atoms with E-state index < -0.39 is 54.4 Å². The van der Waals surface area contributed by atoms with Crippen molar-refractivity contribution in [2.45, 2.75) is 77.7 Å². The van der Waals surface area contributed by atoms with Gasteiger partial charge in [-0.1, -0.05) is 13.8 Å². The van der Waals surface area contributed by atoms with Gasteiger partial charge < -0.3 is 20.3 Å². The van der Waals surface area contributed by atoms with E-state index in [0.29, 0.717) is 5.56 Å². The molecule has 0 aliphatic carbocycles. The third-order valence-electron chi connectivity index (χ3n) is 5.85. The summed E-state index contributed by atoms with van der Waals surface area (Å²) in [6, 6.07) is -0.0299. The Kier molecular flexibility index (Phi) is 7.62. The minimum Gasteiger partial charge on any atom is -0.444 e. The number of hydrogen-bond donors (Lipinski definition) is 2. The monoisotopic (exact) mass is 534 g/mol. The molecule has 1 aliphatic rings. The molecule has 0 bridgehead atoms. The van der Waals surface area contributed by atoms with Gasteiger partial charge in [0, 0.05) is 6.54 Å². The van der Waals surface area contributed by atoms with Crippen LogP contribution in [0.5, 0.6) is 0 Å². The molecule has 0 unspecified atom stereocenters. The number of imidazole rings is 1. The number of carbonyl (C=O) groups is 2. The van der Waals surface area contributed by atoms with E-state index in [4.69, 9.17) is 4.74 Å². The zero-order valence-corrected chi connectivity index (χ0v) is 21.2. The van der Waals surface area contributed by atoms with E-state index in [1.165, 1.54) is 23.0 Å². The van der Waals surface area contributed by atoms with Crippen LogP contribution in [0.2, 0.25) is 0 Å². The highest BCUT2D eigenvalue weighted by Gasteiger charge is 2.47. The number of ether oxygens (including phenoxy) is 1. The van der Waals surface area contributed by atoms with Crippen LogP contribution >= 0.6 is 0 Å². The average molecular weight is 535 g/mol. The summed E-state index contributed by atoms with van der Waals surface area (Å²) >= 11 is 0. The average Bonchev–Trinajstić information content (AvgIpc) is 3.15. The summed E-state index contributed by atoms with van der Waals surface area (Å²) in [7, 11) is 0. The number of hydrogen-bond acceptors (Lipinski definition) is 5. The van der Waals surface area contributed by atoms with Crippen LogP contribution in [-0.2, 0) is 11.3 Å². The van der Waals surface area contributed by atoms with E-state index in [0.717, 1.165) is 18.7 Å². The fourth-order valence-corrected chi connectivity index (χ4v) is 3.65. The maximum atomic E-state index is 13.7. The van der Waals surface area contributed by atoms with Crippen LogP contribution in [0.3, 0.4) is 0 Å². The van der Waals surface area contributed by atoms with Gasteiger partial charge >= 0.3 is 18.3 Å². The van der Waals surface area contributed by atoms with Crippen LogP contribution in [0.15, 0.2) is 18.5 Å². The van der Waals surface area contributed by atoms with Crippen molar-refractivity contribution in [3.05, 3.63) is 29.7 Å². The lowest BCUT2D eigenvalue weighted by atomic mass is 9.85. The van der Waals surface area contributed by atoms with Gasteiger partial charge in [0.1, 0.15) is 5.60 Å². The van der Waals surface area contributed by atoms with Crippen molar-refractivity contribution in [2.75, 3.05) is 13.1 Å². The van der Waals surface area contributed by atoms with Gasteiger partial charge in [-0.3, -0.25) is 0 Å². The molecule has 2 aromatic rings. The Labute approximate surface area is 210 Å². The van der Waals surface area contributed by atoms with Crippen LogP contribution in [0.1, 0.15) is 64.8 Å². The van der Waals surface area contributed by atoms with Crippen molar-refractivity contribution in [1.82, 2.24) is 30.1 Å². The summed E-state index contributed by atoms with van der Waals surface area (Å²) in [5.74, 6) is -3.07. The number of nitrogens with zero attached hydrogens (tertiary/aromatic N) is 4. The molecule has 1 aliphatic heterocycles. The van der Waals surface area contributed by atoms with Crippen molar-refractivity contribution in [2.24, 2.45) is 5.41 Å². The highest BCUT2D eigenvalue weighted by molar-refractivity contribution is 5.75. The lowest BCUT2D eigenvalue weighted by molar-refractivity contribution is -0.214. The summed E-state index contributed by atoms with van der Waals surface area (Å²) in [6.45, 7) is 5.49. The SMILES string of the molecule is CC(C)(C)OC(=O)N[C@@H](CCC(C)(C)C(F)(F)F)c1cn2ncc(CN3CC(F)(F)CNC3=O)cc2n1. The molecule has 2 aromatic heterocycles. The van der Waals surface area contributed by atoms with Crippen molar-refractivity contribution in [3.63, 3.8) is 0 Å². The highest BCUT2D eigenvalue weighted by atomic mass is 19.4. The molecule has 0 aromatic carbocycles. The molecule has 3 heterocycles. The molecule has 3 rings (SSSR count). The molecule has 1 saturated heterocycles. The van der Waals surface area contributed by atoms with Gasteiger partial charge in [-0.25, -0.2) is 27.9 Å². The summed E-state index contributed by atoms with van der Waals surface area (Å²) < 4.78 is 74.3. The number of fused-ring (bicyclic) bond motifs is 1. The van der Waals surface area contributed by atoms with Crippen LogP contribution in [0.4, 0.5) is 31.5 Å². The standard InChI is InChI=1S/C23H31F5N6O3/c1-20(2,3)37-19(36)32-15(6-7-21(4,5)23(26,27)28)16-11-34-17(31-16)8-14(9-30-34)10-33-13-22(24,25)12-29-18(33)35/h8-9,11,15H,6-7,10,12-13H2,1-5H3,(H,29,35)(H,32,36)/t15-/m0/s1. The molecule has 206 valence electrons. The van der Waals surface area contributed by atoms with Crippen LogP contribution in [0.25, 0.3) is 5.65 Å². The number of nitrogens with one attached hydrogen (secondary N) is 2. The first-order valence-electron chi connectivity index (χ1n) is 11.7. The second-order valence-corrected chi connectivity index (χ2v) is 10.8. The van der Waals surface area contributed by atoms with Gasteiger partial charge in [0.2, 0.25) is 0 Å². The minimum atomic E-state index is -4.45. The van der Waals surface area contributed by atoms with Crippen LogP contribution in [0, 0.1) is 5.41 Å². The third kappa shape index (κ3) is 7.41. The maximum Gasteiger partial charge on any atom is 0.408 e. The lowest BCUT2D eigenvalue weighted by Gasteiger charge is -2.32. The topological polar surface area (TPSA) is 101 Å². The number of alkyl carbamates (subject to hydrolysis) is 1. The first-order valence-corrected chi connectivity index (χ1v) is 11.7. The molecule has 0 spiro atoms. The zero-order valence-electron chi connectivity index (χ0n) is 21.2. The van der Waals surface area contributed by atoms with Crippen molar-refractivity contribution < 1.29 is 36.3 Å². The number of halogens is 5. The zero-order chi connectivity index (χ0) is 27.8. The van der Waals surface area contributed by atoms with E-state index in [1.807, 2.05) is 0 Å². The summed E-state index contributed by atoms with van der Waals surface area (Å²) in [5, 5.41) is 8.91. The van der Waals surface area contributed by atoms with Gasteiger partial charge in [0.15, 0.2) is 5.65 Å². The molecule has 2 N–H and O–H groups in total. The summed E-state index contributed by atoms with van der Waals surface area (Å²) in [6.07, 6.45) is -2.82. The molecule has 9 nitrogen and oxygen atoms in total. The predicted octanol–water partition coefficient (Wildman–Crippen LogP) is 4.82. The van der Waals surface area contributed by atoms with Gasteiger partial charge in [-0.05, 0) is 45.2 Å². The molecule has 37 heavy (non-hydrogen) atoms. The van der Waals surface area contributed by atoms with Crippen molar-refractivity contribution >= 4 is 17.8 Å². The molecule has 0 radical (unpaired) electrons. The van der Waals surface area contributed by atoms with E-state index in [2.05, 4.69) is 20.7 Å². The van der Waals surface area contributed by atoms with Gasteiger partial charge in [-0.2, -0.15) is 18.3 Å². The summed E-state index contributed by atoms with van der Waals surface area (Å²) in [5.41, 5.74) is -1.90. The van der Waals surface area contributed by atoms with E-state index >= 15 is 0 Å². The fourth-order valence-electron chi connectivity index (χ4n) is 3.65. The quantitative estimate of drug-likeness (QED) is 0.496. The Morgan fingerprint density at radius 2 is 1.92 bits per heavy atom. The molecule has 1 fully saturated rings. The second kappa shape index (κ2) is 9.93. The van der Waals surface area contributed by atoms with Crippen LogP contribution < -0.4 is 10.6 Å². The van der Waals surface area contributed by atoms with E-state index in [-0.39, 0.29) is 30.7 Å². The van der Waals surface area contributed by atoms with E-state index in [1.54, 1.807) is 20.8 Å². The highest BCUT2D eigenvalue weighted by Crippen LogP contribution is 2.42. The van der Waals surface area contributed by atoms with Crippen LogP contribution in [-0.4, -0.2) is 62.4 Å². The Balaban J connectivity index is 1.84. The van der Waals surface area contributed by atoms with Gasteiger partial charge in [0.05, 0.1) is 42.6 Å². The Morgan fingerprint density at radius 3 is 2.54 bits per heavy atom. The fraction of sp³-hybridized carbons (Fsp3) is 0.652. The molecule has 0 saturated carbocycles. The van der Waals surface area contributed by atoms with Gasteiger partial charge in [-0.15, -0.1) is 0 Å². The largest absolute Gasteiger partial charge is 0.444 e. The minimum absolute atomic E-state index is 0.0917. The molecule has 1 atom stereocenters. The molecule has 14 heteroatoms. The number of alkyl halides is 5. The van der Waals surface area contributed by atoms with Gasteiger partial charge in [0.25, 0.3) is 5.92 Å². The summed E-state index contributed by atoms with van der Waals surface area (Å²) in [4.78, 5) is 29.8. The smallest absolute Gasteiger partial charge is 0.408 e.